The highest BCUT2D eigenvalue weighted by Crippen LogP contribution is 2.25. The van der Waals surface area contributed by atoms with Crippen molar-refractivity contribution in [3.05, 3.63) is 42.7 Å². The highest BCUT2D eigenvalue weighted by Gasteiger charge is 2.11. The van der Waals surface area contributed by atoms with Gasteiger partial charge in [0.1, 0.15) is 17.2 Å². The van der Waals surface area contributed by atoms with E-state index in [2.05, 4.69) is 14.9 Å². The van der Waals surface area contributed by atoms with Crippen LogP contribution < -0.4 is 10.6 Å². The summed E-state index contributed by atoms with van der Waals surface area (Å²) in [5, 5.41) is 0.936. The van der Waals surface area contributed by atoms with Gasteiger partial charge in [-0.25, -0.2) is 9.97 Å². The number of thiocarbonyl (C=S) groups is 1. The molecular weight excluding hydrogens is 288 g/mol. The van der Waals surface area contributed by atoms with Crippen molar-refractivity contribution in [1.82, 2.24) is 9.97 Å². The number of nitrogens with zero attached hydrogens (tertiary/aromatic N) is 3. The lowest BCUT2D eigenvalue weighted by Gasteiger charge is -2.23. The number of aromatic nitrogens is 2. The van der Waals surface area contributed by atoms with E-state index in [4.69, 9.17) is 18.0 Å². The SMILES string of the molecule is CSc1cc(N(CCC(N)=S)c2ccccc2)ncn1. The predicted octanol–water partition coefficient (Wildman–Crippen LogP) is 3.01. The highest BCUT2D eigenvalue weighted by molar-refractivity contribution is 7.98. The minimum Gasteiger partial charge on any atom is -0.393 e. The van der Waals surface area contributed by atoms with Gasteiger partial charge < -0.3 is 10.6 Å². The average molecular weight is 304 g/mol. The Kier molecular flexibility index (Phi) is 5.31. The van der Waals surface area contributed by atoms with Gasteiger partial charge in [0.2, 0.25) is 0 Å². The van der Waals surface area contributed by atoms with Crippen LogP contribution >= 0.6 is 24.0 Å². The molecule has 1 aromatic carbocycles. The molecule has 0 saturated heterocycles. The molecule has 20 heavy (non-hydrogen) atoms. The van der Waals surface area contributed by atoms with Crippen LogP contribution in [0.3, 0.4) is 0 Å². The minimum absolute atomic E-state index is 0.505. The predicted molar refractivity (Wildman–Crippen MR) is 88.7 cm³/mol. The van der Waals surface area contributed by atoms with E-state index in [1.54, 1.807) is 18.1 Å². The van der Waals surface area contributed by atoms with Crippen molar-refractivity contribution >= 4 is 40.5 Å². The van der Waals surface area contributed by atoms with E-state index in [9.17, 15) is 0 Å². The smallest absolute Gasteiger partial charge is 0.137 e. The fraction of sp³-hybridized carbons (Fsp3) is 0.214. The van der Waals surface area contributed by atoms with Gasteiger partial charge >= 0.3 is 0 Å². The zero-order chi connectivity index (χ0) is 14.4. The van der Waals surface area contributed by atoms with Crippen molar-refractivity contribution in [2.24, 2.45) is 5.73 Å². The molecule has 0 atom stereocenters. The summed E-state index contributed by atoms with van der Waals surface area (Å²) in [7, 11) is 0. The highest BCUT2D eigenvalue weighted by atomic mass is 32.2. The van der Waals surface area contributed by atoms with Gasteiger partial charge in [0, 0.05) is 24.7 Å². The molecule has 1 aromatic heterocycles. The molecule has 1 heterocycles. The van der Waals surface area contributed by atoms with Crippen LogP contribution in [0.4, 0.5) is 11.5 Å². The summed E-state index contributed by atoms with van der Waals surface area (Å²) >= 11 is 6.57. The molecule has 0 spiro atoms. The number of hydrogen-bond donors (Lipinski definition) is 1. The van der Waals surface area contributed by atoms with E-state index in [1.165, 1.54) is 0 Å². The molecule has 0 unspecified atom stereocenters. The molecule has 0 aliphatic rings. The maximum Gasteiger partial charge on any atom is 0.137 e. The number of hydrogen-bond acceptors (Lipinski definition) is 5. The van der Waals surface area contributed by atoms with Gasteiger partial charge in [-0.1, -0.05) is 30.4 Å². The summed E-state index contributed by atoms with van der Waals surface area (Å²) in [4.78, 5) is 11.2. The first-order chi connectivity index (χ1) is 9.70. The molecule has 0 saturated carbocycles. The van der Waals surface area contributed by atoms with Crippen LogP contribution in [-0.2, 0) is 0 Å². The minimum atomic E-state index is 0.505. The van der Waals surface area contributed by atoms with Crippen molar-refractivity contribution in [2.75, 3.05) is 17.7 Å². The molecule has 0 amide bonds. The van der Waals surface area contributed by atoms with E-state index >= 15 is 0 Å². The Morgan fingerprint density at radius 2 is 2.05 bits per heavy atom. The Hall–Kier alpha value is -1.66. The van der Waals surface area contributed by atoms with Gasteiger partial charge in [0.05, 0.1) is 4.99 Å². The lowest BCUT2D eigenvalue weighted by atomic mass is 10.2. The molecule has 2 rings (SSSR count). The summed E-state index contributed by atoms with van der Waals surface area (Å²) in [5.41, 5.74) is 6.69. The number of rotatable bonds is 6. The van der Waals surface area contributed by atoms with Gasteiger partial charge in [0.15, 0.2) is 0 Å². The maximum atomic E-state index is 5.62. The van der Waals surface area contributed by atoms with Crippen LogP contribution in [0.2, 0.25) is 0 Å². The molecule has 0 fully saturated rings. The van der Waals surface area contributed by atoms with Crippen LogP contribution in [0.25, 0.3) is 0 Å². The van der Waals surface area contributed by atoms with Crippen molar-refractivity contribution < 1.29 is 0 Å². The molecule has 0 aliphatic heterocycles. The van der Waals surface area contributed by atoms with E-state index in [-0.39, 0.29) is 0 Å². The monoisotopic (exact) mass is 304 g/mol. The first kappa shape index (κ1) is 14.7. The fourth-order valence-corrected chi connectivity index (χ4v) is 2.26. The van der Waals surface area contributed by atoms with Gasteiger partial charge in [-0.15, -0.1) is 11.8 Å². The Labute approximate surface area is 128 Å². The lowest BCUT2D eigenvalue weighted by molar-refractivity contribution is 0.919. The Morgan fingerprint density at radius 1 is 1.30 bits per heavy atom. The molecule has 104 valence electrons. The van der Waals surface area contributed by atoms with Crippen LogP contribution in [0, 0.1) is 0 Å². The molecule has 0 bridgehead atoms. The molecule has 0 aliphatic carbocycles. The standard InChI is InChI=1S/C14H16N4S2/c1-20-14-9-13(16-10-17-14)18(8-7-12(15)19)11-5-3-2-4-6-11/h2-6,9-10H,7-8H2,1H3,(H2,15,19). The maximum absolute atomic E-state index is 5.62. The van der Waals surface area contributed by atoms with Crippen molar-refractivity contribution in [3.8, 4) is 0 Å². The molecule has 2 aromatic rings. The molecule has 4 nitrogen and oxygen atoms in total. The second-order valence-corrected chi connectivity index (χ2v) is 5.47. The Morgan fingerprint density at radius 3 is 2.70 bits per heavy atom. The Balaban J connectivity index is 2.32. The van der Waals surface area contributed by atoms with Crippen LogP contribution in [0.5, 0.6) is 0 Å². The number of para-hydroxylation sites is 1. The van der Waals surface area contributed by atoms with Crippen LogP contribution in [0.15, 0.2) is 47.8 Å². The van der Waals surface area contributed by atoms with Crippen molar-refractivity contribution in [1.29, 1.82) is 0 Å². The normalized spacial score (nSPS) is 10.2. The Bertz CT molecular complexity index is 574. The van der Waals surface area contributed by atoms with Gasteiger partial charge in [0.25, 0.3) is 0 Å². The third kappa shape index (κ3) is 3.91. The number of thioether (sulfide) groups is 1. The summed E-state index contributed by atoms with van der Waals surface area (Å²) < 4.78 is 0. The molecule has 0 radical (unpaired) electrons. The third-order valence-corrected chi connectivity index (χ3v) is 3.61. The average Bonchev–Trinajstić information content (AvgIpc) is 2.48. The first-order valence-electron chi connectivity index (χ1n) is 6.17. The summed E-state index contributed by atoms with van der Waals surface area (Å²) in [6, 6.07) is 12.0. The largest absolute Gasteiger partial charge is 0.393 e. The number of anilines is 2. The molecule has 6 heteroatoms. The number of benzene rings is 1. The lowest BCUT2D eigenvalue weighted by Crippen LogP contribution is -2.24. The van der Waals surface area contributed by atoms with E-state index in [0.717, 1.165) is 16.5 Å². The van der Waals surface area contributed by atoms with Gasteiger partial charge in [-0.05, 0) is 18.4 Å². The fourth-order valence-electron chi connectivity index (χ4n) is 1.79. The van der Waals surface area contributed by atoms with E-state index in [0.29, 0.717) is 18.0 Å². The van der Waals surface area contributed by atoms with Gasteiger partial charge in [-0.3, -0.25) is 0 Å². The van der Waals surface area contributed by atoms with Crippen molar-refractivity contribution in [2.45, 2.75) is 11.4 Å². The topological polar surface area (TPSA) is 55.0 Å². The second-order valence-electron chi connectivity index (χ2n) is 4.12. The van der Waals surface area contributed by atoms with Crippen LogP contribution in [-0.4, -0.2) is 27.8 Å². The van der Waals surface area contributed by atoms with E-state index < -0.39 is 0 Å². The first-order valence-corrected chi connectivity index (χ1v) is 7.81. The second kappa shape index (κ2) is 7.21. The van der Waals surface area contributed by atoms with E-state index in [1.807, 2.05) is 42.7 Å². The van der Waals surface area contributed by atoms with Crippen molar-refractivity contribution in [3.63, 3.8) is 0 Å². The number of nitrogens with two attached hydrogens (primary N) is 1. The summed E-state index contributed by atoms with van der Waals surface area (Å²) in [5.74, 6) is 0.854. The van der Waals surface area contributed by atoms with Gasteiger partial charge in [-0.2, -0.15) is 0 Å². The summed E-state index contributed by atoms with van der Waals surface area (Å²) in [6.07, 6.45) is 4.22. The summed E-state index contributed by atoms with van der Waals surface area (Å²) in [6.45, 7) is 0.699. The zero-order valence-corrected chi connectivity index (χ0v) is 12.8. The molecular formula is C14H16N4S2. The third-order valence-electron chi connectivity index (χ3n) is 2.76. The zero-order valence-electron chi connectivity index (χ0n) is 11.2. The molecule has 2 N–H and O–H groups in total. The van der Waals surface area contributed by atoms with Crippen LogP contribution in [0.1, 0.15) is 6.42 Å². The quantitative estimate of drug-likeness (QED) is 0.503.